The molecule has 0 amide bonds. The molecule has 18 heavy (non-hydrogen) atoms. The van der Waals surface area contributed by atoms with Gasteiger partial charge in [0, 0.05) is 35.8 Å². The van der Waals surface area contributed by atoms with Crippen LogP contribution in [0.25, 0.3) is 0 Å². The van der Waals surface area contributed by atoms with Crippen LogP contribution in [0.2, 0.25) is 0 Å². The minimum Gasteiger partial charge on any atom is -0.347 e. The molecule has 1 aliphatic heterocycles. The van der Waals surface area contributed by atoms with Crippen LogP contribution in [-0.2, 0) is 10.2 Å². The van der Waals surface area contributed by atoms with Crippen LogP contribution in [0.3, 0.4) is 0 Å². The molecule has 1 saturated carbocycles. The smallest absolute Gasteiger partial charge is 0.160 e. The van der Waals surface area contributed by atoms with Crippen LogP contribution in [0.5, 0.6) is 0 Å². The molecule has 2 aliphatic rings. The van der Waals surface area contributed by atoms with Gasteiger partial charge in [-0.1, -0.05) is 32.0 Å². The Balaban J connectivity index is 2.05. The zero-order valence-electron chi connectivity index (χ0n) is 11.2. The van der Waals surface area contributed by atoms with Crippen LogP contribution in [0, 0.1) is 5.92 Å². The molecule has 0 spiro atoms. The maximum absolute atomic E-state index is 12.0. The Morgan fingerprint density at radius 1 is 1.33 bits per heavy atom. The summed E-state index contributed by atoms with van der Waals surface area (Å²) in [4.78, 5) is 14.2. The second-order valence-corrected chi connectivity index (χ2v) is 5.91. The molecule has 0 radical (unpaired) electrons. The number of benzene rings is 1. The van der Waals surface area contributed by atoms with E-state index in [-0.39, 0.29) is 5.41 Å². The van der Waals surface area contributed by atoms with Crippen LogP contribution in [-0.4, -0.2) is 12.8 Å². The lowest BCUT2D eigenvalue weighted by Crippen LogP contribution is -2.24. The molecule has 0 bridgehead atoms. The van der Waals surface area contributed by atoms with Crippen LogP contribution in [0.15, 0.2) is 36.0 Å². The summed E-state index contributed by atoms with van der Waals surface area (Å²) in [7, 11) is 2.06. The third kappa shape index (κ3) is 1.59. The van der Waals surface area contributed by atoms with Gasteiger partial charge in [-0.25, -0.2) is 0 Å². The fraction of sp³-hybridized carbons (Fsp3) is 0.438. The van der Waals surface area contributed by atoms with Gasteiger partial charge < -0.3 is 4.90 Å². The molecule has 2 nitrogen and oxygen atoms in total. The summed E-state index contributed by atoms with van der Waals surface area (Å²) in [5.74, 6) is 0.600. The topological polar surface area (TPSA) is 20.3 Å². The lowest BCUT2D eigenvalue weighted by molar-refractivity contribution is -0.115. The van der Waals surface area contributed by atoms with Crippen molar-refractivity contribution >= 4 is 11.5 Å². The average molecular weight is 241 g/mol. The highest BCUT2D eigenvalue weighted by Gasteiger charge is 2.39. The number of rotatable bonds is 2. The molecule has 94 valence electrons. The van der Waals surface area contributed by atoms with Crippen molar-refractivity contribution in [2.45, 2.75) is 32.1 Å². The molecule has 0 atom stereocenters. The maximum atomic E-state index is 12.0. The van der Waals surface area contributed by atoms with Gasteiger partial charge in [-0.2, -0.15) is 0 Å². The lowest BCUT2D eigenvalue weighted by atomic mass is 9.83. The standard InChI is InChI=1S/C16H19NO/c1-16(2)12-6-4-5-7-13(12)17(3)15(16)10-14(18)11-8-9-11/h4-7,10-11H,8-9H2,1-3H3. The van der Waals surface area contributed by atoms with Crippen molar-refractivity contribution in [3.05, 3.63) is 41.6 Å². The summed E-state index contributed by atoms with van der Waals surface area (Å²) in [6.07, 6.45) is 4.01. The lowest BCUT2D eigenvalue weighted by Gasteiger charge is -2.23. The molecular formula is C16H19NO. The van der Waals surface area contributed by atoms with E-state index in [0.717, 1.165) is 18.5 Å². The van der Waals surface area contributed by atoms with Crippen molar-refractivity contribution in [3.63, 3.8) is 0 Å². The largest absolute Gasteiger partial charge is 0.347 e. The third-order valence-electron chi connectivity index (χ3n) is 4.20. The van der Waals surface area contributed by atoms with E-state index in [4.69, 9.17) is 0 Å². The number of allylic oxidation sites excluding steroid dienone is 2. The van der Waals surface area contributed by atoms with Crippen LogP contribution < -0.4 is 4.90 Å². The summed E-state index contributed by atoms with van der Waals surface area (Å²) in [6.45, 7) is 4.39. The predicted molar refractivity (Wildman–Crippen MR) is 73.7 cm³/mol. The Labute approximate surface area is 108 Å². The van der Waals surface area contributed by atoms with Crippen molar-refractivity contribution in [1.82, 2.24) is 0 Å². The first-order valence-corrected chi connectivity index (χ1v) is 6.61. The predicted octanol–water partition coefficient (Wildman–Crippen LogP) is 3.28. The Hall–Kier alpha value is -1.57. The number of likely N-dealkylation sites (N-methyl/N-ethyl adjacent to an activating group) is 1. The minimum absolute atomic E-state index is 0.0735. The molecule has 0 aromatic heterocycles. The van der Waals surface area contributed by atoms with Gasteiger partial charge in [0.2, 0.25) is 0 Å². The van der Waals surface area contributed by atoms with Gasteiger partial charge in [0.25, 0.3) is 0 Å². The van der Waals surface area contributed by atoms with E-state index in [9.17, 15) is 4.79 Å². The number of para-hydroxylation sites is 1. The first kappa shape index (κ1) is 11.5. The molecular weight excluding hydrogens is 222 g/mol. The summed E-state index contributed by atoms with van der Waals surface area (Å²) in [5.41, 5.74) is 3.58. The third-order valence-corrected chi connectivity index (χ3v) is 4.20. The van der Waals surface area contributed by atoms with E-state index in [2.05, 4.69) is 50.1 Å². The van der Waals surface area contributed by atoms with Gasteiger partial charge in [-0.15, -0.1) is 0 Å². The number of nitrogens with zero attached hydrogens (tertiary/aromatic N) is 1. The van der Waals surface area contributed by atoms with E-state index in [1.807, 2.05) is 6.08 Å². The Bertz CT molecular complexity index is 538. The highest BCUT2D eigenvalue weighted by atomic mass is 16.1. The van der Waals surface area contributed by atoms with Crippen LogP contribution in [0.1, 0.15) is 32.3 Å². The van der Waals surface area contributed by atoms with Crippen LogP contribution in [0.4, 0.5) is 5.69 Å². The van der Waals surface area contributed by atoms with E-state index < -0.39 is 0 Å². The van der Waals surface area contributed by atoms with E-state index in [0.29, 0.717) is 11.7 Å². The first-order valence-electron chi connectivity index (χ1n) is 6.61. The molecule has 0 N–H and O–H groups in total. The average Bonchev–Trinajstić information content (AvgIpc) is 3.16. The summed E-state index contributed by atoms with van der Waals surface area (Å²) >= 11 is 0. The van der Waals surface area contributed by atoms with Gasteiger partial charge in [0.1, 0.15) is 0 Å². The monoisotopic (exact) mass is 241 g/mol. The summed E-state index contributed by atoms with van der Waals surface area (Å²) < 4.78 is 0. The molecule has 0 saturated heterocycles. The number of carbonyl (C=O) groups is 1. The van der Waals surface area contributed by atoms with Gasteiger partial charge in [-0.3, -0.25) is 4.79 Å². The minimum atomic E-state index is -0.0735. The maximum Gasteiger partial charge on any atom is 0.160 e. The van der Waals surface area contributed by atoms with Gasteiger partial charge in [0.15, 0.2) is 5.78 Å². The number of hydrogen-bond donors (Lipinski definition) is 0. The molecule has 2 heteroatoms. The normalized spacial score (nSPS) is 23.3. The number of ketones is 1. The van der Waals surface area contributed by atoms with Crippen molar-refractivity contribution in [3.8, 4) is 0 Å². The first-order chi connectivity index (χ1) is 8.51. The number of fused-ring (bicyclic) bond motifs is 1. The Morgan fingerprint density at radius 3 is 2.61 bits per heavy atom. The van der Waals surface area contributed by atoms with E-state index >= 15 is 0 Å². The zero-order valence-corrected chi connectivity index (χ0v) is 11.2. The van der Waals surface area contributed by atoms with E-state index in [1.54, 1.807) is 0 Å². The molecule has 1 aromatic carbocycles. The number of carbonyl (C=O) groups excluding carboxylic acids is 1. The zero-order chi connectivity index (χ0) is 12.9. The van der Waals surface area contributed by atoms with Crippen molar-refractivity contribution in [2.75, 3.05) is 11.9 Å². The van der Waals surface area contributed by atoms with E-state index in [1.165, 1.54) is 11.3 Å². The second-order valence-electron chi connectivity index (χ2n) is 5.91. The highest BCUT2D eigenvalue weighted by molar-refractivity contribution is 5.95. The molecule has 1 aliphatic carbocycles. The number of anilines is 1. The molecule has 1 heterocycles. The fourth-order valence-corrected chi connectivity index (χ4v) is 2.88. The second kappa shape index (κ2) is 3.71. The van der Waals surface area contributed by atoms with Crippen molar-refractivity contribution in [2.24, 2.45) is 5.92 Å². The highest BCUT2D eigenvalue weighted by Crippen LogP contribution is 2.47. The van der Waals surface area contributed by atoms with Gasteiger partial charge >= 0.3 is 0 Å². The SMILES string of the molecule is CN1C(=CC(=O)C2CC2)C(C)(C)c2ccccc21. The van der Waals surface area contributed by atoms with Gasteiger partial charge in [0.05, 0.1) is 0 Å². The number of hydrogen-bond acceptors (Lipinski definition) is 2. The van der Waals surface area contributed by atoms with Crippen LogP contribution >= 0.6 is 0 Å². The molecule has 3 rings (SSSR count). The Morgan fingerprint density at radius 2 is 2.00 bits per heavy atom. The molecule has 1 aromatic rings. The van der Waals surface area contributed by atoms with Crippen molar-refractivity contribution < 1.29 is 4.79 Å². The molecule has 0 unspecified atom stereocenters. The summed E-state index contributed by atoms with van der Waals surface area (Å²) in [6, 6.07) is 8.41. The Kier molecular flexibility index (Phi) is 2.37. The fourth-order valence-electron chi connectivity index (χ4n) is 2.88. The summed E-state index contributed by atoms with van der Waals surface area (Å²) in [5, 5.41) is 0. The van der Waals surface area contributed by atoms with Gasteiger partial charge in [-0.05, 0) is 24.5 Å². The quantitative estimate of drug-likeness (QED) is 0.741. The molecule has 1 fully saturated rings. The van der Waals surface area contributed by atoms with Crippen molar-refractivity contribution in [1.29, 1.82) is 0 Å².